The van der Waals surface area contributed by atoms with Gasteiger partial charge in [-0.15, -0.1) is 0 Å². The zero-order valence-electron chi connectivity index (χ0n) is 11.1. The molecule has 5 nitrogen and oxygen atoms in total. The number of carbonyl (C=O) groups excluding carboxylic acids is 1. The van der Waals surface area contributed by atoms with E-state index in [1.54, 1.807) is 38.3 Å². The third-order valence-corrected chi connectivity index (χ3v) is 3.42. The number of aryl methyl sites for hydroxylation is 1. The molecule has 2 rings (SSSR count). The number of nitrogens with one attached hydrogen (secondary N) is 1. The maximum atomic E-state index is 12.2. The van der Waals surface area contributed by atoms with Crippen LogP contribution >= 0.6 is 15.9 Å². The van der Waals surface area contributed by atoms with Gasteiger partial charge in [-0.25, -0.2) is 0 Å². The first-order chi connectivity index (χ1) is 9.51. The molecule has 0 fully saturated rings. The molecule has 0 saturated carbocycles. The van der Waals surface area contributed by atoms with E-state index in [0.29, 0.717) is 28.4 Å². The standard InChI is InChI=1S/C14H14BrN3O2/c1-8-11(5-9(16)7-17-8)14(19)18-10-3-4-12(15)13(6-10)20-2/h3-7H,16H2,1-2H3,(H,18,19). The Hall–Kier alpha value is -2.08. The number of carbonyl (C=O) groups is 1. The van der Waals surface area contributed by atoms with Gasteiger partial charge >= 0.3 is 0 Å². The topological polar surface area (TPSA) is 77.2 Å². The van der Waals surface area contributed by atoms with Crippen molar-refractivity contribution in [3.63, 3.8) is 0 Å². The lowest BCUT2D eigenvalue weighted by atomic mass is 10.1. The van der Waals surface area contributed by atoms with Gasteiger partial charge in [0.25, 0.3) is 5.91 Å². The second kappa shape index (κ2) is 5.92. The van der Waals surface area contributed by atoms with Crippen LogP contribution in [0, 0.1) is 6.92 Å². The highest BCUT2D eigenvalue weighted by Gasteiger charge is 2.11. The van der Waals surface area contributed by atoms with Crippen LogP contribution in [0.4, 0.5) is 11.4 Å². The van der Waals surface area contributed by atoms with Crippen molar-refractivity contribution in [3.05, 3.63) is 46.2 Å². The number of amides is 1. The maximum Gasteiger partial charge on any atom is 0.257 e. The van der Waals surface area contributed by atoms with E-state index in [-0.39, 0.29) is 5.91 Å². The fourth-order valence-electron chi connectivity index (χ4n) is 1.72. The van der Waals surface area contributed by atoms with E-state index < -0.39 is 0 Å². The Morgan fingerprint density at radius 2 is 2.15 bits per heavy atom. The molecule has 0 aliphatic heterocycles. The zero-order valence-corrected chi connectivity index (χ0v) is 12.7. The molecule has 0 bridgehead atoms. The Morgan fingerprint density at radius 1 is 1.40 bits per heavy atom. The van der Waals surface area contributed by atoms with E-state index in [1.165, 1.54) is 6.20 Å². The van der Waals surface area contributed by atoms with Crippen LogP contribution in [0.3, 0.4) is 0 Å². The highest BCUT2D eigenvalue weighted by atomic mass is 79.9. The van der Waals surface area contributed by atoms with Gasteiger partial charge in [0, 0.05) is 11.8 Å². The van der Waals surface area contributed by atoms with Crippen LogP contribution in [0.5, 0.6) is 5.75 Å². The Morgan fingerprint density at radius 3 is 2.85 bits per heavy atom. The van der Waals surface area contributed by atoms with E-state index in [9.17, 15) is 4.79 Å². The van der Waals surface area contributed by atoms with Crippen molar-refractivity contribution in [2.45, 2.75) is 6.92 Å². The molecule has 3 N–H and O–H groups in total. The fraction of sp³-hybridized carbons (Fsp3) is 0.143. The van der Waals surface area contributed by atoms with Crippen molar-refractivity contribution >= 4 is 33.2 Å². The summed E-state index contributed by atoms with van der Waals surface area (Å²) in [6.07, 6.45) is 1.52. The number of halogens is 1. The summed E-state index contributed by atoms with van der Waals surface area (Å²) in [6, 6.07) is 6.92. The molecule has 2 aromatic rings. The predicted molar refractivity (Wildman–Crippen MR) is 82.0 cm³/mol. The number of aromatic nitrogens is 1. The number of nitrogen functional groups attached to an aromatic ring is 1. The lowest BCUT2D eigenvalue weighted by molar-refractivity contribution is 0.102. The molecule has 1 amide bonds. The minimum atomic E-state index is -0.258. The number of methoxy groups -OCH3 is 1. The van der Waals surface area contributed by atoms with Crippen LogP contribution in [-0.2, 0) is 0 Å². The van der Waals surface area contributed by atoms with Gasteiger partial charge in [-0.2, -0.15) is 0 Å². The molecule has 1 heterocycles. The Balaban J connectivity index is 2.25. The highest BCUT2D eigenvalue weighted by Crippen LogP contribution is 2.28. The van der Waals surface area contributed by atoms with E-state index in [4.69, 9.17) is 10.5 Å². The highest BCUT2D eigenvalue weighted by molar-refractivity contribution is 9.10. The average Bonchev–Trinajstić information content (AvgIpc) is 2.43. The van der Waals surface area contributed by atoms with Crippen molar-refractivity contribution in [1.82, 2.24) is 4.98 Å². The summed E-state index contributed by atoms with van der Waals surface area (Å²) < 4.78 is 6.00. The number of pyridine rings is 1. The number of ether oxygens (including phenoxy) is 1. The van der Waals surface area contributed by atoms with Gasteiger partial charge in [0.05, 0.1) is 34.7 Å². The lowest BCUT2D eigenvalue weighted by Gasteiger charge is -2.10. The maximum absolute atomic E-state index is 12.2. The van der Waals surface area contributed by atoms with Crippen molar-refractivity contribution < 1.29 is 9.53 Å². The van der Waals surface area contributed by atoms with Crippen molar-refractivity contribution in [2.24, 2.45) is 0 Å². The van der Waals surface area contributed by atoms with Crippen LogP contribution in [0.2, 0.25) is 0 Å². The van der Waals surface area contributed by atoms with Crippen molar-refractivity contribution in [1.29, 1.82) is 0 Å². The van der Waals surface area contributed by atoms with Gasteiger partial charge in [-0.05, 0) is 41.1 Å². The third kappa shape index (κ3) is 3.08. The second-order valence-corrected chi connectivity index (χ2v) is 5.06. The summed E-state index contributed by atoms with van der Waals surface area (Å²) in [7, 11) is 1.57. The van der Waals surface area contributed by atoms with Crippen LogP contribution < -0.4 is 15.8 Å². The van der Waals surface area contributed by atoms with Crippen LogP contribution in [-0.4, -0.2) is 18.0 Å². The third-order valence-electron chi connectivity index (χ3n) is 2.76. The first-order valence-electron chi connectivity index (χ1n) is 5.88. The van der Waals surface area contributed by atoms with Gasteiger partial charge in [-0.1, -0.05) is 0 Å². The summed E-state index contributed by atoms with van der Waals surface area (Å²) in [5.74, 6) is 0.386. The number of nitrogens with zero attached hydrogens (tertiary/aromatic N) is 1. The molecule has 0 saturated heterocycles. The Bertz CT molecular complexity index is 659. The molecule has 6 heteroatoms. The molecule has 20 heavy (non-hydrogen) atoms. The number of hydrogen-bond donors (Lipinski definition) is 2. The smallest absolute Gasteiger partial charge is 0.257 e. The second-order valence-electron chi connectivity index (χ2n) is 4.21. The molecule has 0 spiro atoms. The van der Waals surface area contributed by atoms with Gasteiger partial charge in [0.15, 0.2) is 0 Å². The predicted octanol–water partition coefficient (Wildman–Crippen LogP) is 3.00. The summed E-state index contributed by atoms with van der Waals surface area (Å²) in [5.41, 5.74) is 7.82. The fourth-order valence-corrected chi connectivity index (χ4v) is 2.12. The van der Waals surface area contributed by atoms with Gasteiger partial charge in [-0.3, -0.25) is 9.78 Å². The number of benzene rings is 1. The average molecular weight is 336 g/mol. The van der Waals surface area contributed by atoms with Gasteiger partial charge in [0.2, 0.25) is 0 Å². The SMILES string of the molecule is COc1cc(NC(=O)c2cc(N)cnc2C)ccc1Br. The first kappa shape index (κ1) is 14.3. The Labute approximate surface area is 125 Å². The molecule has 0 radical (unpaired) electrons. The molecule has 1 aromatic heterocycles. The zero-order chi connectivity index (χ0) is 14.7. The minimum absolute atomic E-state index is 0.258. The number of rotatable bonds is 3. The Kier molecular flexibility index (Phi) is 4.24. The number of anilines is 2. The molecule has 1 aromatic carbocycles. The molecule has 0 unspecified atom stereocenters. The molecule has 0 aliphatic rings. The largest absolute Gasteiger partial charge is 0.495 e. The van der Waals surface area contributed by atoms with Crippen molar-refractivity contribution in [3.8, 4) is 5.75 Å². The van der Waals surface area contributed by atoms with E-state index in [1.807, 2.05) is 0 Å². The quantitative estimate of drug-likeness (QED) is 0.903. The monoisotopic (exact) mass is 335 g/mol. The summed E-state index contributed by atoms with van der Waals surface area (Å²) >= 11 is 3.36. The van der Waals surface area contributed by atoms with Crippen LogP contribution in [0.15, 0.2) is 34.9 Å². The summed E-state index contributed by atoms with van der Waals surface area (Å²) in [5, 5.41) is 2.79. The molecule has 0 aliphatic carbocycles. The first-order valence-corrected chi connectivity index (χ1v) is 6.67. The van der Waals surface area contributed by atoms with Crippen LogP contribution in [0.1, 0.15) is 16.1 Å². The minimum Gasteiger partial charge on any atom is -0.495 e. The van der Waals surface area contributed by atoms with E-state index in [2.05, 4.69) is 26.2 Å². The van der Waals surface area contributed by atoms with Crippen molar-refractivity contribution in [2.75, 3.05) is 18.2 Å². The number of hydrogen-bond acceptors (Lipinski definition) is 4. The summed E-state index contributed by atoms with van der Waals surface area (Å²) in [4.78, 5) is 16.3. The van der Waals surface area contributed by atoms with Gasteiger partial charge in [0.1, 0.15) is 5.75 Å². The normalized spacial score (nSPS) is 10.2. The van der Waals surface area contributed by atoms with Crippen LogP contribution in [0.25, 0.3) is 0 Å². The summed E-state index contributed by atoms with van der Waals surface area (Å²) in [6.45, 7) is 1.76. The lowest BCUT2D eigenvalue weighted by Crippen LogP contribution is -2.14. The molecule has 0 atom stereocenters. The van der Waals surface area contributed by atoms with Gasteiger partial charge < -0.3 is 15.8 Å². The molecular formula is C14H14BrN3O2. The molecular weight excluding hydrogens is 322 g/mol. The van der Waals surface area contributed by atoms with E-state index in [0.717, 1.165) is 4.47 Å². The van der Waals surface area contributed by atoms with E-state index >= 15 is 0 Å². The number of nitrogens with two attached hydrogens (primary N) is 1. The molecule has 104 valence electrons.